The Kier molecular flexibility index (Phi) is 10.2. The van der Waals surface area contributed by atoms with E-state index in [1.165, 1.54) is 11.8 Å². The monoisotopic (exact) mass is 479 g/mol. The number of para-hydroxylation sites is 1. The number of aliphatic carboxylic acids is 1. The summed E-state index contributed by atoms with van der Waals surface area (Å²) in [5, 5.41) is 26.5. The number of hydrogen-bond donors (Lipinski definition) is 7. The molecular weight excluding hydrogens is 450 g/mol. The zero-order valence-electron chi connectivity index (χ0n) is 18.2. The van der Waals surface area contributed by atoms with Crippen molar-refractivity contribution in [3.8, 4) is 0 Å². The van der Waals surface area contributed by atoms with Crippen molar-refractivity contribution in [1.29, 1.82) is 0 Å². The molecule has 2 aromatic rings. The lowest BCUT2D eigenvalue weighted by molar-refractivity contribution is -0.142. The quantitative estimate of drug-likeness (QED) is 0.190. The largest absolute Gasteiger partial charge is 0.480 e. The molecule has 0 spiro atoms. The van der Waals surface area contributed by atoms with Gasteiger partial charge in [-0.1, -0.05) is 18.2 Å². The van der Waals surface area contributed by atoms with Gasteiger partial charge in [0.2, 0.25) is 17.7 Å². The van der Waals surface area contributed by atoms with Gasteiger partial charge in [-0.15, -0.1) is 0 Å². The SMILES string of the molecule is CSCCC(NC(=O)C(Cc1c[nH]c2ccccc12)NC(=O)CNC(=O)C(N)CO)C(=O)O. The number of nitrogens with one attached hydrogen (secondary N) is 4. The van der Waals surface area contributed by atoms with Gasteiger partial charge in [0, 0.05) is 23.5 Å². The van der Waals surface area contributed by atoms with Crippen molar-refractivity contribution in [1.82, 2.24) is 20.9 Å². The Morgan fingerprint density at radius 3 is 2.52 bits per heavy atom. The van der Waals surface area contributed by atoms with E-state index in [9.17, 15) is 24.3 Å². The number of aromatic nitrogens is 1. The first kappa shape index (κ1) is 26.2. The van der Waals surface area contributed by atoms with Crippen LogP contribution in [0.4, 0.5) is 0 Å². The minimum Gasteiger partial charge on any atom is -0.480 e. The summed E-state index contributed by atoms with van der Waals surface area (Å²) in [5.41, 5.74) is 7.01. The first-order valence-electron chi connectivity index (χ1n) is 10.3. The molecule has 11 nitrogen and oxygen atoms in total. The summed E-state index contributed by atoms with van der Waals surface area (Å²) in [6.07, 6.45) is 3.88. The van der Waals surface area contributed by atoms with Crippen molar-refractivity contribution in [3.05, 3.63) is 36.0 Å². The van der Waals surface area contributed by atoms with Gasteiger partial charge in [0.15, 0.2) is 0 Å². The molecule has 1 aromatic carbocycles. The number of carbonyl (C=O) groups is 4. The number of aromatic amines is 1. The zero-order valence-corrected chi connectivity index (χ0v) is 19.0. The Morgan fingerprint density at radius 1 is 1.12 bits per heavy atom. The fourth-order valence-corrected chi connectivity index (χ4v) is 3.59. The molecule has 3 amide bonds. The lowest BCUT2D eigenvalue weighted by Crippen LogP contribution is -2.54. The van der Waals surface area contributed by atoms with E-state index in [1.807, 2.05) is 30.5 Å². The summed E-state index contributed by atoms with van der Waals surface area (Å²) in [4.78, 5) is 51.7. The number of fused-ring (bicyclic) bond motifs is 1. The van der Waals surface area contributed by atoms with Crippen LogP contribution in [0.15, 0.2) is 30.5 Å². The van der Waals surface area contributed by atoms with Crippen LogP contribution >= 0.6 is 11.8 Å². The van der Waals surface area contributed by atoms with Gasteiger partial charge in [-0.2, -0.15) is 11.8 Å². The van der Waals surface area contributed by atoms with Crippen molar-refractivity contribution in [2.45, 2.75) is 31.0 Å². The molecule has 3 atom stereocenters. The number of hydrogen-bond acceptors (Lipinski definition) is 7. The minimum atomic E-state index is -1.17. The second kappa shape index (κ2) is 12.8. The maximum atomic E-state index is 13.0. The van der Waals surface area contributed by atoms with Gasteiger partial charge in [0.1, 0.15) is 18.1 Å². The fourth-order valence-electron chi connectivity index (χ4n) is 3.12. The Morgan fingerprint density at radius 2 is 1.85 bits per heavy atom. The number of carboxylic acid groups (broad SMARTS) is 1. The lowest BCUT2D eigenvalue weighted by atomic mass is 10.0. The Hall–Kier alpha value is -3.09. The minimum absolute atomic E-state index is 0.0978. The van der Waals surface area contributed by atoms with Crippen molar-refractivity contribution < 1.29 is 29.4 Å². The highest BCUT2D eigenvalue weighted by Crippen LogP contribution is 2.19. The maximum absolute atomic E-state index is 13.0. The molecule has 0 saturated heterocycles. The molecule has 0 fully saturated rings. The third-order valence-electron chi connectivity index (χ3n) is 4.93. The normalized spacial score (nSPS) is 13.7. The number of thioether (sulfide) groups is 1. The average Bonchev–Trinajstić information content (AvgIpc) is 3.21. The third kappa shape index (κ3) is 7.77. The van der Waals surface area contributed by atoms with Crippen LogP contribution < -0.4 is 21.7 Å². The number of carbonyl (C=O) groups excluding carboxylic acids is 3. The molecule has 33 heavy (non-hydrogen) atoms. The molecule has 0 saturated carbocycles. The van der Waals surface area contributed by atoms with Crippen LogP contribution in [0.3, 0.4) is 0 Å². The van der Waals surface area contributed by atoms with Crippen LogP contribution in [-0.2, 0) is 25.6 Å². The molecule has 0 bridgehead atoms. The number of aliphatic hydroxyl groups is 1. The Bertz CT molecular complexity index is 981. The number of rotatable bonds is 13. The van der Waals surface area contributed by atoms with E-state index in [0.717, 1.165) is 16.5 Å². The van der Waals surface area contributed by atoms with E-state index in [2.05, 4.69) is 20.9 Å². The Labute approximate surface area is 194 Å². The summed E-state index contributed by atoms with van der Waals surface area (Å²) in [6.45, 7) is -1.04. The van der Waals surface area contributed by atoms with Crippen molar-refractivity contribution in [3.63, 3.8) is 0 Å². The summed E-state index contributed by atoms with van der Waals surface area (Å²) < 4.78 is 0. The first-order valence-corrected chi connectivity index (χ1v) is 11.7. The molecule has 1 aromatic heterocycles. The molecule has 1 heterocycles. The molecule has 0 radical (unpaired) electrons. The molecule has 0 aliphatic rings. The highest BCUT2D eigenvalue weighted by atomic mass is 32.2. The number of aliphatic hydroxyl groups excluding tert-OH is 1. The van der Waals surface area contributed by atoms with Gasteiger partial charge in [-0.05, 0) is 30.1 Å². The van der Waals surface area contributed by atoms with E-state index in [1.54, 1.807) is 6.20 Å². The second-order valence-corrected chi connectivity index (χ2v) is 8.36. The highest BCUT2D eigenvalue weighted by molar-refractivity contribution is 7.98. The van der Waals surface area contributed by atoms with Gasteiger partial charge >= 0.3 is 5.97 Å². The van der Waals surface area contributed by atoms with E-state index in [-0.39, 0.29) is 12.8 Å². The number of H-pyrrole nitrogens is 1. The van der Waals surface area contributed by atoms with Crippen LogP contribution in [0.2, 0.25) is 0 Å². The van der Waals surface area contributed by atoms with Crippen molar-refractivity contribution in [2.24, 2.45) is 5.73 Å². The summed E-state index contributed by atoms with van der Waals surface area (Å²) in [7, 11) is 0. The zero-order chi connectivity index (χ0) is 24.4. The van der Waals surface area contributed by atoms with Crippen molar-refractivity contribution in [2.75, 3.05) is 25.2 Å². The van der Waals surface area contributed by atoms with E-state index in [0.29, 0.717) is 5.75 Å². The van der Waals surface area contributed by atoms with Gasteiger partial charge < -0.3 is 36.9 Å². The number of amides is 3. The predicted octanol–water partition coefficient (Wildman–Crippen LogP) is -1.05. The van der Waals surface area contributed by atoms with Crippen LogP contribution in [0.5, 0.6) is 0 Å². The first-order chi connectivity index (χ1) is 15.8. The summed E-state index contributed by atoms with van der Waals surface area (Å²) in [6, 6.07) is 4.08. The maximum Gasteiger partial charge on any atom is 0.326 e. The predicted molar refractivity (Wildman–Crippen MR) is 125 cm³/mol. The Balaban J connectivity index is 2.16. The average molecular weight is 480 g/mol. The number of benzene rings is 1. The third-order valence-corrected chi connectivity index (χ3v) is 5.58. The molecular formula is C21H29N5O6S. The standard InChI is InChI=1S/C21H29N5O6S/c1-33-7-6-16(21(31)32)26-20(30)17(25-18(28)10-24-19(29)14(22)11-27)8-12-9-23-15-5-3-2-4-13(12)15/h2-5,9,14,16-17,23,27H,6-8,10-11,22H2,1H3,(H,24,29)(H,25,28)(H,26,30)(H,31,32). The van der Waals surface area contributed by atoms with Gasteiger partial charge in [-0.3, -0.25) is 14.4 Å². The van der Waals surface area contributed by atoms with Crippen molar-refractivity contribution >= 4 is 46.4 Å². The summed E-state index contributed by atoms with van der Waals surface area (Å²) >= 11 is 1.46. The second-order valence-electron chi connectivity index (χ2n) is 7.37. The van der Waals surface area contributed by atoms with Crippen LogP contribution in [0.1, 0.15) is 12.0 Å². The molecule has 2 rings (SSSR count). The van der Waals surface area contributed by atoms with Crippen LogP contribution in [0, 0.1) is 0 Å². The molecule has 180 valence electrons. The fraction of sp³-hybridized carbons (Fsp3) is 0.429. The molecule has 8 N–H and O–H groups in total. The van der Waals surface area contributed by atoms with Gasteiger partial charge in [0.05, 0.1) is 13.2 Å². The van der Waals surface area contributed by atoms with Crippen LogP contribution in [0.25, 0.3) is 10.9 Å². The highest BCUT2D eigenvalue weighted by Gasteiger charge is 2.27. The molecule has 3 unspecified atom stereocenters. The van der Waals surface area contributed by atoms with Gasteiger partial charge in [-0.25, -0.2) is 4.79 Å². The molecule has 0 aliphatic carbocycles. The lowest BCUT2D eigenvalue weighted by Gasteiger charge is -2.21. The van der Waals surface area contributed by atoms with E-state index in [4.69, 9.17) is 10.8 Å². The smallest absolute Gasteiger partial charge is 0.326 e. The number of carboxylic acids is 1. The summed E-state index contributed by atoms with van der Waals surface area (Å²) in [5.74, 6) is -2.66. The molecule has 0 aliphatic heterocycles. The van der Waals surface area contributed by atoms with E-state index >= 15 is 0 Å². The van der Waals surface area contributed by atoms with Gasteiger partial charge in [0.25, 0.3) is 0 Å². The molecule has 12 heteroatoms. The topological polar surface area (TPSA) is 187 Å². The van der Waals surface area contributed by atoms with Crippen LogP contribution in [-0.4, -0.2) is 82.2 Å². The number of nitrogens with two attached hydrogens (primary N) is 1. The van der Waals surface area contributed by atoms with E-state index < -0.39 is 55.0 Å².